The van der Waals surface area contributed by atoms with E-state index in [4.69, 9.17) is 9.26 Å². The summed E-state index contributed by atoms with van der Waals surface area (Å²) < 4.78 is 12.6. The summed E-state index contributed by atoms with van der Waals surface area (Å²) in [5.41, 5.74) is 0.990. The van der Waals surface area contributed by atoms with E-state index in [0.29, 0.717) is 11.8 Å². The van der Waals surface area contributed by atoms with Gasteiger partial charge >= 0.3 is 0 Å². The molecule has 1 aliphatic rings. The number of ether oxygens (including phenoxy) is 1. The van der Waals surface area contributed by atoms with Crippen LogP contribution in [0.5, 0.6) is 5.75 Å². The Balaban J connectivity index is 1.51. The fourth-order valence-electron chi connectivity index (χ4n) is 2.54. The molecular weight excluding hydrogens is 338 g/mol. The lowest BCUT2D eigenvalue weighted by Gasteiger charge is -2.07. The molecule has 0 saturated heterocycles. The lowest BCUT2D eigenvalue weighted by atomic mass is 10.2. The van der Waals surface area contributed by atoms with Gasteiger partial charge in [0, 0.05) is 18.5 Å². The Bertz CT molecular complexity index is 870. The van der Waals surface area contributed by atoms with E-state index in [1.165, 1.54) is 0 Å². The van der Waals surface area contributed by atoms with Crippen LogP contribution in [-0.2, 0) is 7.05 Å². The van der Waals surface area contributed by atoms with Crippen LogP contribution in [0.2, 0.25) is 0 Å². The standard InChI is InChI=1S/C17H19N5O2S/c1-10(16-18-14(21-24-16)11-4-5-11)25-17-20-19-15(22(17)2)12-6-8-13(23-3)9-7-12/h6-11H,4-5H2,1-3H3. The largest absolute Gasteiger partial charge is 0.497 e. The molecule has 1 unspecified atom stereocenters. The molecule has 1 aromatic carbocycles. The average molecular weight is 357 g/mol. The summed E-state index contributed by atoms with van der Waals surface area (Å²) in [6.07, 6.45) is 2.32. The number of rotatable bonds is 6. The van der Waals surface area contributed by atoms with Gasteiger partial charge in [0.2, 0.25) is 5.89 Å². The van der Waals surface area contributed by atoms with E-state index in [1.807, 2.05) is 42.8 Å². The molecule has 0 spiro atoms. The highest BCUT2D eigenvalue weighted by molar-refractivity contribution is 7.99. The normalized spacial score (nSPS) is 15.3. The molecule has 7 nitrogen and oxygen atoms in total. The second-order valence-corrected chi connectivity index (χ2v) is 7.43. The number of aromatic nitrogens is 5. The molecule has 130 valence electrons. The van der Waals surface area contributed by atoms with Gasteiger partial charge in [0.05, 0.1) is 12.4 Å². The Morgan fingerprint density at radius 2 is 2.00 bits per heavy atom. The van der Waals surface area contributed by atoms with Gasteiger partial charge < -0.3 is 13.8 Å². The summed E-state index contributed by atoms with van der Waals surface area (Å²) in [6, 6.07) is 7.77. The maximum Gasteiger partial charge on any atom is 0.239 e. The van der Waals surface area contributed by atoms with Crippen LogP contribution in [0.1, 0.15) is 42.6 Å². The predicted molar refractivity (Wildman–Crippen MR) is 93.5 cm³/mol. The topological polar surface area (TPSA) is 78.9 Å². The zero-order valence-corrected chi connectivity index (χ0v) is 15.2. The first kappa shape index (κ1) is 16.1. The molecule has 0 aliphatic heterocycles. The molecule has 0 radical (unpaired) electrons. The predicted octanol–water partition coefficient (Wildman–Crippen LogP) is 3.60. The van der Waals surface area contributed by atoms with Crippen molar-refractivity contribution in [1.82, 2.24) is 24.9 Å². The molecule has 3 aromatic rings. The zero-order chi connectivity index (χ0) is 17.4. The second kappa shape index (κ2) is 6.51. The molecule has 2 heterocycles. The first-order chi connectivity index (χ1) is 12.2. The summed E-state index contributed by atoms with van der Waals surface area (Å²) in [7, 11) is 3.61. The first-order valence-electron chi connectivity index (χ1n) is 8.19. The molecule has 0 N–H and O–H groups in total. The summed E-state index contributed by atoms with van der Waals surface area (Å²) in [4.78, 5) is 4.51. The van der Waals surface area contributed by atoms with Crippen LogP contribution in [0.3, 0.4) is 0 Å². The van der Waals surface area contributed by atoms with Gasteiger partial charge in [0.1, 0.15) is 5.75 Å². The van der Waals surface area contributed by atoms with Gasteiger partial charge in [-0.2, -0.15) is 4.98 Å². The van der Waals surface area contributed by atoms with Gasteiger partial charge in [0.15, 0.2) is 16.8 Å². The minimum absolute atomic E-state index is 0.0200. The molecule has 4 rings (SSSR count). The van der Waals surface area contributed by atoms with Gasteiger partial charge in [-0.25, -0.2) is 0 Å². The lowest BCUT2D eigenvalue weighted by molar-refractivity contribution is 0.374. The van der Waals surface area contributed by atoms with Gasteiger partial charge in [0.25, 0.3) is 0 Å². The van der Waals surface area contributed by atoms with Gasteiger partial charge in [-0.05, 0) is 44.0 Å². The number of hydrogen-bond acceptors (Lipinski definition) is 7. The highest BCUT2D eigenvalue weighted by Crippen LogP contribution is 2.40. The van der Waals surface area contributed by atoms with Gasteiger partial charge in [-0.3, -0.25) is 0 Å². The van der Waals surface area contributed by atoms with Crippen molar-refractivity contribution in [2.24, 2.45) is 7.05 Å². The molecule has 1 atom stereocenters. The van der Waals surface area contributed by atoms with Crippen molar-refractivity contribution in [1.29, 1.82) is 0 Å². The number of methoxy groups -OCH3 is 1. The van der Waals surface area contributed by atoms with Crippen molar-refractivity contribution >= 4 is 11.8 Å². The molecular formula is C17H19N5O2S. The zero-order valence-electron chi connectivity index (χ0n) is 14.3. The van der Waals surface area contributed by atoms with Gasteiger partial charge in [-0.1, -0.05) is 16.9 Å². The lowest BCUT2D eigenvalue weighted by Crippen LogP contribution is -1.97. The Hall–Kier alpha value is -2.35. The third kappa shape index (κ3) is 3.26. The number of thioether (sulfide) groups is 1. The van der Waals surface area contributed by atoms with Crippen molar-refractivity contribution in [3.8, 4) is 17.1 Å². The summed E-state index contributed by atoms with van der Waals surface area (Å²) in [6.45, 7) is 2.04. The van der Waals surface area contributed by atoms with Crippen LogP contribution in [0, 0.1) is 0 Å². The Morgan fingerprint density at radius 1 is 1.24 bits per heavy atom. The molecule has 1 fully saturated rings. The molecule has 2 aromatic heterocycles. The van der Waals surface area contributed by atoms with E-state index in [-0.39, 0.29) is 5.25 Å². The second-order valence-electron chi connectivity index (χ2n) is 6.12. The number of benzene rings is 1. The van der Waals surface area contributed by atoms with Crippen molar-refractivity contribution in [3.63, 3.8) is 0 Å². The quantitative estimate of drug-likeness (QED) is 0.624. The summed E-state index contributed by atoms with van der Waals surface area (Å²) >= 11 is 1.56. The third-order valence-electron chi connectivity index (χ3n) is 4.21. The Kier molecular flexibility index (Phi) is 4.20. The van der Waals surface area contributed by atoms with Crippen molar-refractivity contribution in [3.05, 3.63) is 36.0 Å². The van der Waals surface area contributed by atoms with E-state index in [2.05, 4.69) is 20.3 Å². The number of nitrogens with zero attached hydrogens (tertiary/aromatic N) is 5. The van der Waals surface area contributed by atoms with E-state index in [9.17, 15) is 0 Å². The van der Waals surface area contributed by atoms with Crippen LogP contribution >= 0.6 is 11.8 Å². The van der Waals surface area contributed by atoms with E-state index in [1.54, 1.807) is 18.9 Å². The molecule has 1 aliphatic carbocycles. The van der Waals surface area contributed by atoms with Gasteiger partial charge in [-0.15, -0.1) is 10.2 Å². The highest BCUT2D eigenvalue weighted by atomic mass is 32.2. The Morgan fingerprint density at radius 3 is 2.68 bits per heavy atom. The summed E-state index contributed by atoms with van der Waals surface area (Å²) in [5.74, 6) is 3.59. The smallest absolute Gasteiger partial charge is 0.239 e. The first-order valence-corrected chi connectivity index (χ1v) is 9.07. The fourth-order valence-corrected chi connectivity index (χ4v) is 3.38. The number of hydrogen-bond donors (Lipinski definition) is 0. The SMILES string of the molecule is COc1ccc(-c2nnc(SC(C)c3nc(C4CC4)no3)n2C)cc1. The third-order valence-corrected chi connectivity index (χ3v) is 5.33. The highest BCUT2D eigenvalue weighted by Gasteiger charge is 2.30. The summed E-state index contributed by atoms with van der Waals surface area (Å²) in [5, 5.41) is 13.5. The van der Waals surface area contributed by atoms with E-state index < -0.39 is 0 Å². The fraction of sp³-hybridized carbons (Fsp3) is 0.412. The van der Waals surface area contributed by atoms with Crippen molar-refractivity contribution < 1.29 is 9.26 Å². The Labute approximate surface area is 149 Å². The van der Waals surface area contributed by atoms with Crippen molar-refractivity contribution in [2.45, 2.75) is 36.1 Å². The maximum atomic E-state index is 5.40. The van der Waals surface area contributed by atoms with E-state index >= 15 is 0 Å². The average Bonchev–Trinajstić information content (AvgIpc) is 3.26. The maximum absolute atomic E-state index is 5.40. The minimum Gasteiger partial charge on any atom is -0.497 e. The van der Waals surface area contributed by atoms with Crippen LogP contribution < -0.4 is 4.74 Å². The van der Waals surface area contributed by atoms with Crippen LogP contribution in [-0.4, -0.2) is 32.0 Å². The molecule has 8 heteroatoms. The molecule has 0 amide bonds. The van der Waals surface area contributed by atoms with Crippen LogP contribution in [0.25, 0.3) is 11.4 Å². The van der Waals surface area contributed by atoms with Crippen LogP contribution in [0.15, 0.2) is 33.9 Å². The van der Waals surface area contributed by atoms with E-state index in [0.717, 1.165) is 41.0 Å². The molecule has 25 heavy (non-hydrogen) atoms. The molecule has 0 bridgehead atoms. The monoisotopic (exact) mass is 357 g/mol. The minimum atomic E-state index is 0.0200. The molecule has 1 saturated carbocycles. The van der Waals surface area contributed by atoms with Crippen LogP contribution in [0.4, 0.5) is 0 Å². The van der Waals surface area contributed by atoms with Crippen molar-refractivity contribution in [2.75, 3.05) is 7.11 Å².